The number of phenolic OH excluding ortho intramolecular Hbond substituents is 4. The van der Waals surface area contributed by atoms with Gasteiger partial charge in [-0.1, -0.05) is 0 Å². The van der Waals surface area contributed by atoms with Gasteiger partial charge in [0.1, 0.15) is 23.0 Å². The summed E-state index contributed by atoms with van der Waals surface area (Å²) in [5.41, 5.74) is 5.73. The number of benzene rings is 2. The Morgan fingerprint density at radius 3 is 1.28 bits per heavy atom. The number of aromatic hydroxyl groups is 4. The molecule has 0 radical (unpaired) electrons. The minimum Gasteiger partial charge on any atom is -0.508 e. The van der Waals surface area contributed by atoms with Gasteiger partial charge in [-0.15, -0.1) is 0 Å². The summed E-state index contributed by atoms with van der Waals surface area (Å²) >= 11 is 0. The Morgan fingerprint density at radius 1 is 0.722 bits per heavy atom. The first-order valence-electron chi connectivity index (χ1n) is 10.2. The molecule has 0 heterocycles. The van der Waals surface area contributed by atoms with Crippen molar-refractivity contribution in [3.05, 3.63) is 47.5 Å². The Labute approximate surface area is 209 Å². The van der Waals surface area contributed by atoms with E-state index in [-0.39, 0.29) is 23.0 Å². The van der Waals surface area contributed by atoms with Crippen molar-refractivity contribution in [2.24, 2.45) is 10.2 Å². The van der Waals surface area contributed by atoms with Gasteiger partial charge in [-0.25, -0.2) is 15.6 Å². The van der Waals surface area contributed by atoms with Crippen molar-refractivity contribution in [1.82, 2.24) is 20.7 Å². The molecule has 0 aliphatic carbocycles. The monoisotopic (exact) mass is 504 g/mol. The van der Waals surface area contributed by atoms with Gasteiger partial charge in [-0.05, 0) is 38.1 Å². The zero-order valence-electron chi connectivity index (χ0n) is 20.9. The van der Waals surface area contributed by atoms with Crippen LogP contribution in [-0.4, -0.2) is 88.7 Å². The molecule has 0 unspecified atom stereocenters. The number of phenols is 4. The molecule has 13 nitrogen and oxygen atoms in total. The fraction of sp³-hybridized carbons (Fsp3) is 0.261. The summed E-state index contributed by atoms with van der Waals surface area (Å²) in [6.07, 6.45) is 1.50. The second-order valence-corrected chi connectivity index (χ2v) is 7.49. The molecular weight excluding hydrogens is 472 g/mol. The standard InChI is InChI=1S/C17H18N4O5.2C3H7NO/c1-9(13-5-3-11(22)7-15(13)24)18-20-17(26)21-19-10(2)14-6-4-12(23)8-16(14)25;2*1-4(2)3-5/h3-8,22-25H,1-2H3,(H2,20,21,26);2*3H,1-2H3/b18-9+,19-10+;;. The number of nitrogens with zero attached hydrogens (tertiary/aromatic N) is 4. The molecule has 196 valence electrons. The maximum atomic E-state index is 11.8. The van der Waals surface area contributed by atoms with Crippen LogP contribution in [0.5, 0.6) is 23.0 Å². The van der Waals surface area contributed by atoms with Crippen LogP contribution in [0.4, 0.5) is 4.79 Å². The second-order valence-electron chi connectivity index (χ2n) is 7.49. The maximum Gasteiger partial charge on any atom is 0.355 e. The van der Waals surface area contributed by atoms with E-state index in [1.165, 1.54) is 34.1 Å². The summed E-state index contributed by atoms with van der Waals surface area (Å²) < 4.78 is 0. The summed E-state index contributed by atoms with van der Waals surface area (Å²) in [4.78, 5) is 33.5. The minimum atomic E-state index is -0.736. The Kier molecular flexibility index (Phi) is 13.8. The topological polar surface area (TPSA) is 187 Å². The van der Waals surface area contributed by atoms with Gasteiger partial charge >= 0.3 is 6.03 Å². The summed E-state index contributed by atoms with van der Waals surface area (Å²) in [7, 11) is 6.75. The lowest BCUT2D eigenvalue weighted by atomic mass is 10.1. The molecule has 0 bridgehead atoms. The molecule has 13 heteroatoms. The van der Waals surface area contributed by atoms with E-state index in [9.17, 15) is 34.8 Å². The van der Waals surface area contributed by atoms with E-state index in [1.807, 2.05) is 0 Å². The number of hydrogen-bond donors (Lipinski definition) is 6. The lowest BCUT2D eigenvalue weighted by Crippen LogP contribution is -2.30. The van der Waals surface area contributed by atoms with Gasteiger partial charge in [-0.3, -0.25) is 9.59 Å². The first-order chi connectivity index (χ1) is 16.8. The van der Waals surface area contributed by atoms with E-state index < -0.39 is 6.03 Å². The third-order valence-electron chi connectivity index (χ3n) is 3.81. The molecule has 0 spiro atoms. The highest BCUT2D eigenvalue weighted by molar-refractivity contribution is 6.02. The van der Waals surface area contributed by atoms with E-state index in [4.69, 9.17) is 0 Å². The van der Waals surface area contributed by atoms with E-state index in [0.717, 1.165) is 25.0 Å². The molecule has 0 aliphatic heterocycles. The summed E-state index contributed by atoms with van der Waals surface area (Å²) in [6, 6.07) is 7.26. The van der Waals surface area contributed by atoms with Crippen molar-refractivity contribution in [1.29, 1.82) is 0 Å². The normalized spacial score (nSPS) is 10.5. The highest BCUT2D eigenvalue weighted by atomic mass is 16.3. The highest BCUT2D eigenvalue weighted by Crippen LogP contribution is 2.23. The van der Waals surface area contributed by atoms with Crippen LogP contribution in [0, 0.1) is 0 Å². The van der Waals surface area contributed by atoms with E-state index >= 15 is 0 Å². The number of hydrazone groups is 2. The SMILES string of the molecule is C/C(=N\NC(=O)N/N=C(\C)c1ccc(O)cc1O)c1ccc(O)cc1O.CN(C)C=O.CN(C)C=O. The number of rotatable bonds is 6. The van der Waals surface area contributed by atoms with Crippen LogP contribution in [0.2, 0.25) is 0 Å². The van der Waals surface area contributed by atoms with Crippen LogP contribution in [0.3, 0.4) is 0 Å². The second kappa shape index (κ2) is 15.9. The Balaban J connectivity index is 0.00000104. The molecule has 6 N–H and O–H groups in total. The molecule has 0 atom stereocenters. The van der Waals surface area contributed by atoms with Gasteiger partial charge in [0, 0.05) is 51.5 Å². The number of carbonyl (C=O) groups excluding carboxylic acids is 3. The van der Waals surface area contributed by atoms with Gasteiger partial charge in [0.05, 0.1) is 11.4 Å². The van der Waals surface area contributed by atoms with E-state index in [2.05, 4.69) is 21.1 Å². The van der Waals surface area contributed by atoms with Crippen LogP contribution < -0.4 is 10.9 Å². The fourth-order valence-electron chi connectivity index (χ4n) is 2.07. The molecule has 0 saturated heterocycles. The summed E-state index contributed by atoms with van der Waals surface area (Å²) in [5.74, 6) is -0.533. The zero-order chi connectivity index (χ0) is 27.8. The molecule has 2 rings (SSSR count). The third-order valence-corrected chi connectivity index (χ3v) is 3.81. The van der Waals surface area contributed by atoms with Gasteiger partial charge in [-0.2, -0.15) is 10.2 Å². The average Bonchev–Trinajstić information content (AvgIpc) is 2.81. The number of hydrogen-bond acceptors (Lipinski definition) is 9. The lowest BCUT2D eigenvalue weighted by Gasteiger charge is -2.06. The van der Waals surface area contributed by atoms with Crippen LogP contribution >= 0.6 is 0 Å². The van der Waals surface area contributed by atoms with E-state index in [1.54, 1.807) is 42.0 Å². The molecule has 0 saturated carbocycles. The average molecular weight is 505 g/mol. The van der Waals surface area contributed by atoms with Crippen molar-refractivity contribution < 1.29 is 34.8 Å². The van der Waals surface area contributed by atoms with Crippen molar-refractivity contribution >= 4 is 30.3 Å². The van der Waals surface area contributed by atoms with Gasteiger partial charge < -0.3 is 30.2 Å². The smallest absolute Gasteiger partial charge is 0.355 e. The lowest BCUT2D eigenvalue weighted by molar-refractivity contribution is -0.116. The predicted molar refractivity (Wildman–Crippen MR) is 135 cm³/mol. The van der Waals surface area contributed by atoms with Crippen LogP contribution in [0.1, 0.15) is 25.0 Å². The third kappa shape index (κ3) is 12.4. The first kappa shape index (κ1) is 31.2. The Bertz CT molecular complexity index is 1000. The number of amides is 4. The van der Waals surface area contributed by atoms with Gasteiger partial charge in [0.25, 0.3) is 0 Å². The molecule has 0 aromatic heterocycles. The largest absolute Gasteiger partial charge is 0.508 e. The highest BCUT2D eigenvalue weighted by Gasteiger charge is 2.08. The van der Waals surface area contributed by atoms with Crippen LogP contribution in [0.25, 0.3) is 0 Å². The number of nitrogens with one attached hydrogen (secondary N) is 2. The fourth-order valence-corrected chi connectivity index (χ4v) is 2.07. The van der Waals surface area contributed by atoms with Crippen molar-refractivity contribution in [3.63, 3.8) is 0 Å². The van der Waals surface area contributed by atoms with Crippen molar-refractivity contribution in [2.45, 2.75) is 13.8 Å². The minimum absolute atomic E-state index is 0.0907. The van der Waals surface area contributed by atoms with E-state index in [0.29, 0.717) is 22.6 Å². The molecular formula is C23H32N6O7. The Morgan fingerprint density at radius 2 is 1.03 bits per heavy atom. The van der Waals surface area contributed by atoms with Crippen molar-refractivity contribution in [2.75, 3.05) is 28.2 Å². The predicted octanol–water partition coefficient (Wildman–Crippen LogP) is 1.37. The summed E-state index contributed by atoms with van der Waals surface area (Å²) in [6.45, 7) is 3.13. The quantitative estimate of drug-likeness (QED) is 0.195. The van der Waals surface area contributed by atoms with Gasteiger partial charge in [0.15, 0.2) is 0 Å². The first-order valence-corrected chi connectivity index (χ1v) is 10.2. The zero-order valence-corrected chi connectivity index (χ0v) is 20.9. The Hall–Kier alpha value is -4.81. The maximum absolute atomic E-state index is 11.8. The van der Waals surface area contributed by atoms with Crippen LogP contribution in [0.15, 0.2) is 46.6 Å². The summed E-state index contributed by atoms with van der Waals surface area (Å²) in [5, 5.41) is 45.7. The number of carbonyl (C=O) groups is 3. The molecule has 2 aromatic rings. The molecule has 0 aliphatic rings. The molecule has 36 heavy (non-hydrogen) atoms. The van der Waals surface area contributed by atoms with Crippen molar-refractivity contribution in [3.8, 4) is 23.0 Å². The number of urea groups is 1. The molecule has 2 aromatic carbocycles. The molecule has 4 amide bonds. The van der Waals surface area contributed by atoms with Gasteiger partial charge in [0.2, 0.25) is 12.8 Å². The van der Waals surface area contributed by atoms with Crippen LogP contribution in [-0.2, 0) is 9.59 Å². The molecule has 0 fully saturated rings.